The highest BCUT2D eigenvalue weighted by atomic mass is 16.5. The summed E-state index contributed by atoms with van der Waals surface area (Å²) in [5.74, 6) is 1.76. The van der Waals surface area contributed by atoms with Gasteiger partial charge in [0.1, 0.15) is 6.61 Å². The van der Waals surface area contributed by atoms with Crippen molar-refractivity contribution in [1.82, 2.24) is 4.90 Å². The zero-order chi connectivity index (χ0) is 19.2. The lowest BCUT2D eigenvalue weighted by Gasteiger charge is -2.36. The number of likely N-dealkylation sites (tertiary alicyclic amines) is 1. The number of ether oxygens (including phenoxy) is 2. The van der Waals surface area contributed by atoms with Crippen molar-refractivity contribution in [2.24, 2.45) is 5.92 Å². The zero-order valence-corrected chi connectivity index (χ0v) is 16.6. The standard InChI is InChI=1S/C23H31NO3/c1-4-24-12-11-21(25)20(15-24)14-19-9-6-10-22(26-3)23(19)27-16-18-8-5-7-17(2)13-18/h5-10,13,20-21,25H,4,11-12,14-16H2,1-3H3. The van der Waals surface area contributed by atoms with Gasteiger partial charge in [-0.15, -0.1) is 0 Å². The molecule has 0 radical (unpaired) electrons. The Morgan fingerprint density at radius 2 is 2.00 bits per heavy atom. The summed E-state index contributed by atoms with van der Waals surface area (Å²) in [6.07, 6.45) is 1.36. The van der Waals surface area contributed by atoms with Gasteiger partial charge in [-0.25, -0.2) is 0 Å². The number of nitrogens with zero attached hydrogens (tertiary/aromatic N) is 1. The van der Waals surface area contributed by atoms with Crippen LogP contribution in [-0.4, -0.2) is 42.9 Å². The van der Waals surface area contributed by atoms with Gasteiger partial charge in [-0.05, 0) is 43.5 Å². The fraction of sp³-hybridized carbons (Fsp3) is 0.478. The molecular weight excluding hydrogens is 338 g/mol. The first-order valence-corrected chi connectivity index (χ1v) is 9.85. The number of hydrogen-bond donors (Lipinski definition) is 1. The molecule has 1 aliphatic rings. The van der Waals surface area contributed by atoms with Crippen molar-refractivity contribution in [3.63, 3.8) is 0 Å². The summed E-state index contributed by atoms with van der Waals surface area (Å²) in [6.45, 7) is 7.69. The van der Waals surface area contributed by atoms with Gasteiger partial charge in [0.2, 0.25) is 0 Å². The van der Waals surface area contributed by atoms with Gasteiger partial charge in [-0.3, -0.25) is 0 Å². The van der Waals surface area contributed by atoms with Crippen molar-refractivity contribution in [2.75, 3.05) is 26.7 Å². The second-order valence-electron chi connectivity index (χ2n) is 7.44. The number of para-hydroxylation sites is 1. The minimum Gasteiger partial charge on any atom is -0.493 e. The largest absolute Gasteiger partial charge is 0.493 e. The smallest absolute Gasteiger partial charge is 0.164 e. The number of methoxy groups -OCH3 is 1. The fourth-order valence-corrected chi connectivity index (χ4v) is 3.87. The summed E-state index contributed by atoms with van der Waals surface area (Å²) < 4.78 is 11.8. The molecule has 2 atom stereocenters. The molecule has 1 N–H and O–H groups in total. The number of piperidine rings is 1. The number of aliphatic hydroxyl groups excluding tert-OH is 1. The van der Waals surface area contributed by atoms with E-state index < -0.39 is 0 Å². The van der Waals surface area contributed by atoms with E-state index >= 15 is 0 Å². The van der Waals surface area contributed by atoms with E-state index in [4.69, 9.17) is 9.47 Å². The van der Waals surface area contributed by atoms with Crippen LogP contribution in [0.4, 0.5) is 0 Å². The average Bonchev–Trinajstić information content (AvgIpc) is 2.68. The Labute approximate surface area is 162 Å². The third-order valence-corrected chi connectivity index (χ3v) is 5.45. The Bertz CT molecular complexity index is 746. The van der Waals surface area contributed by atoms with Gasteiger partial charge >= 0.3 is 0 Å². The van der Waals surface area contributed by atoms with Crippen LogP contribution in [0.15, 0.2) is 42.5 Å². The van der Waals surface area contributed by atoms with Crippen molar-refractivity contribution in [3.8, 4) is 11.5 Å². The molecule has 0 aromatic heterocycles. The predicted octanol–water partition coefficient (Wildman–Crippen LogP) is 3.83. The molecule has 3 rings (SSSR count). The minimum absolute atomic E-state index is 0.215. The van der Waals surface area contributed by atoms with E-state index in [9.17, 15) is 5.11 Å². The highest BCUT2D eigenvalue weighted by Crippen LogP contribution is 2.35. The van der Waals surface area contributed by atoms with Gasteiger partial charge in [-0.2, -0.15) is 0 Å². The van der Waals surface area contributed by atoms with Crippen LogP contribution in [0, 0.1) is 12.8 Å². The van der Waals surface area contributed by atoms with Gasteiger partial charge in [0.05, 0.1) is 13.2 Å². The van der Waals surface area contributed by atoms with Gasteiger partial charge in [0, 0.05) is 19.0 Å². The lowest BCUT2D eigenvalue weighted by Crippen LogP contribution is -2.43. The van der Waals surface area contributed by atoms with Crippen LogP contribution in [0.2, 0.25) is 0 Å². The van der Waals surface area contributed by atoms with E-state index in [-0.39, 0.29) is 12.0 Å². The van der Waals surface area contributed by atoms with Crippen LogP contribution in [0.5, 0.6) is 11.5 Å². The summed E-state index contributed by atoms with van der Waals surface area (Å²) in [7, 11) is 1.67. The van der Waals surface area contributed by atoms with Crippen molar-refractivity contribution in [3.05, 3.63) is 59.2 Å². The Kier molecular flexibility index (Phi) is 6.75. The van der Waals surface area contributed by atoms with Gasteiger partial charge < -0.3 is 19.5 Å². The fourth-order valence-electron chi connectivity index (χ4n) is 3.87. The molecule has 4 nitrogen and oxygen atoms in total. The van der Waals surface area contributed by atoms with Crippen molar-refractivity contribution in [1.29, 1.82) is 0 Å². The Morgan fingerprint density at radius 3 is 2.74 bits per heavy atom. The van der Waals surface area contributed by atoms with E-state index in [1.165, 1.54) is 5.56 Å². The van der Waals surface area contributed by atoms with Gasteiger partial charge in [0.15, 0.2) is 11.5 Å². The maximum atomic E-state index is 10.5. The van der Waals surface area contributed by atoms with Crippen molar-refractivity contribution < 1.29 is 14.6 Å². The maximum Gasteiger partial charge on any atom is 0.164 e. The van der Waals surface area contributed by atoms with E-state index in [1.54, 1.807) is 7.11 Å². The lowest BCUT2D eigenvalue weighted by molar-refractivity contribution is 0.0287. The van der Waals surface area contributed by atoms with Crippen LogP contribution in [0.25, 0.3) is 0 Å². The molecule has 1 fully saturated rings. The number of benzene rings is 2. The molecule has 2 aromatic carbocycles. The van der Waals surface area contributed by atoms with E-state index in [2.05, 4.69) is 49.1 Å². The van der Waals surface area contributed by atoms with Crippen LogP contribution < -0.4 is 9.47 Å². The zero-order valence-electron chi connectivity index (χ0n) is 16.6. The second-order valence-corrected chi connectivity index (χ2v) is 7.44. The summed E-state index contributed by atoms with van der Waals surface area (Å²) in [5.41, 5.74) is 3.46. The molecule has 1 aliphatic heterocycles. The molecule has 0 spiro atoms. The molecule has 4 heteroatoms. The first kappa shape index (κ1) is 19.7. The van der Waals surface area contributed by atoms with E-state index in [0.717, 1.165) is 55.1 Å². The molecule has 2 unspecified atom stereocenters. The summed E-state index contributed by atoms with van der Waals surface area (Å²) >= 11 is 0. The minimum atomic E-state index is -0.261. The van der Waals surface area contributed by atoms with Crippen molar-refractivity contribution >= 4 is 0 Å². The number of hydrogen-bond acceptors (Lipinski definition) is 4. The predicted molar refractivity (Wildman–Crippen MR) is 108 cm³/mol. The average molecular weight is 370 g/mol. The van der Waals surface area contributed by atoms with Crippen LogP contribution in [-0.2, 0) is 13.0 Å². The third kappa shape index (κ3) is 5.02. The number of aliphatic hydroxyl groups is 1. The molecule has 1 heterocycles. The summed E-state index contributed by atoms with van der Waals surface area (Å²) in [5, 5.41) is 10.5. The summed E-state index contributed by atoms with van der Waals surface area (Å²) in [6, 6.07) is 14.4. The molecule has 0 amide bonds. The van der Waals surface area contributed by atoms with Gasteiger partial charge in [0.25, 0.3) is 0 Å². The molecular formula is C23H31NO3. The van der Waals surface area contributed by atoms with Gasteiger partial charge in [-0.1, -0.05) is 48.9 Å². The molecule has 2 aromatic rings. The molecule has 0 aliphatic carbocycles. The van der Waals surface area contributed by atoms with E-state index in [1.807, 2.05) is 12.1 Å². The number of aryl methyl sites for hydroxylation is 1. The number of rotatable bonds is 7. The normalized spacial score (nSPS) is 20.4. The lowest BCUT2D eigenvalue weighted by atomic mass is 9.88. The monoisotopic (exact) mass is 369 g/mol. The topological polar surface area (TPSA) is 41.9 Å². The third-order valence-electron chi connectivity index (χ3n) is 5.45. The highest BCUT2D eigenvalue weighted by Gasteiger charge is 2.28. The Hall–Kier alpha value is -2.04. The molecule has 1 saturated heterocycles. The molecule has 27 heavy (non-hydrogen) atoms. The second kappa shape index (κ2) is 9.25. The van der Waals surface area contributed by atoms with Crippen LogP contribution in [0.3, 0.4) is 0 Å². The maximum absolute atomic E-state index is 10.5. The highest BCUT2D eigenvalue weighted by molar-refractivity contribution is 5.47. The Morgan fingerprint density at radius 1 is 1.19 bits per heavy atom. The first-order valence-electron chi connectivity index (χ1n) is 9.85. The Balaban J connectivity index is 1.78. The molecule has 0 saturated carbocycles. The van der Waals surface area contributed by atoms with Crippen molar-refractivity contribution in [2.45, 2.75) is 39.4 Å². The summed E-state index contributed by atoms with van der Waals surface area (Å²) in [4.78, 5) is 2.41. The quantitative estimate of drug-likeness (QED) is 0.805. The molecule has 0 bridgehead atoms. The SMILES string of the molecule is CCN1CCC(O)C(Cc2cccc(OC)c2OCc2cccc(C)c2)C1. The van der Waals surface area contributed by atoms with Crippen LogP contribution >= 0.6 is 0 Å². The van der Waals surface area contributed by atoms with Crippen LogP contribution in [0.1, 0.15) is 30.0 Å². The first-order chi connectivity index (χ1) is 13.1. The molecule has 146 valence electrons. The van der Waals surface area contributed by atoms with E-state index in [0.29, 0.717) is 6.61 Å².